The van der Waals surface area contributed by atoms with E-state index in [0.29, 0.717) is 0 Å². The topological polar surface area (TPSA) is 16.1 Å². The summed E-state index contributed by atoms with van der Waals surface area (Å²) < 4.78 is 0. The first-order valence-electron chi connectivity index (χ1n) is 4.99. The Labute approximate surface area is 105 Å². The van der Waals surface area contributed by atoms with Crippen LogP contribution in [-0.4, -0.2) is 29.5 Å². The zero-order valence-corrected chi connectivity index (χ0v) is 11.0. The van der Waals surface area contributed by atoms with Gasteiger partial charge in [-0.3, -0.25) is 4.98 Å². The Morgan fingerprint density at radius 3 is 2.27 bits per heavy atom. The lowest BCUT2D eigenvalue weighted by Crippen LogP contribution is -2.25. The summed E-state index contributed by atoms with van der Waals surface area (Å²) in [5.74, 6) is 0. The Hall–Kier alpha value is -0.310. The highest BCUT2D eigenvalue weighted by Crippen LogP contribution is 1.97. The van der Waals surface area contributed by atoms with Crippen LogP contribution in [0.25, 0.3) is 0 Å². The standard InChI is InChI=1S/C11H18N2.2ClH/c1-3-13(4-2)10-8-11-7-5-6-9-12-11;;/h5-7,9H,3-4,8,10H2,1-2H3;2*1H. The number of nitrogens with zero attached hydrogens (tertiary/aromatic N) is 2. The third kappa shape index (κ3) is 6.72. The number of hydrogen-bond acceptors (Lipinski definition) is 2. The Morgan fingerprint density at radius 2 is 1.80 bits per heavy atom. The van der Waals surface area contributed by atoms with Crippen molar-refractivity contribution in [2.75, 3.05) is 19.6 Å². The summed E-state index contributed by atoms with van der Waals surface area (Å²) in [6.45, 7) is 7.76. The molecule has 0 radical (unpaired) electrons. The fourth-order valence-corrected chi connectivity index (χ4v) is 1.36. The number of halogens is 2. The molecule has 0 unspecified atom stereocenters. The average Bonchev–Trinajstić information content (AvgIpc) is 2.21. The molecule has 1 aromatic heterocycles. The van der Waals surface area contributed by atoms with Gasteiger partial charge in [0.05, 0.1) is 0 Å². The van der Waals surface area contributed by atoms with Crippen LogP contribution in [0.4, 0.5) is 0 Å². The molecular formula is C11H20Cl2N2. The molecule has 0 saturated carbocycles. The van der Waals surface area contributed by atoms with E-state index in [9.17, 15) is 0 Å². The van der Waals surface area contributed by atoms with Crippen molar-refractivity contribution < 1.29 is 0 Å². The normalized spacial score (nSPS) is 9.27. The van der Waals surface area contributed by atoms with Crippen molar-refractivity contribution in [3.8, 4) is 0 Å². The average molecular weight is 251 g/mol. The van der Waals surface area contributed by atoms with E-state index in [1.807, 2.05) is 18.3 Å². The zero-order valence-electron chi connectivity index (χ0n) is 9.35. The van der Waals surface area contributed by atoms with Gasteiger partial charge in [0.15, 0.2) is 0 Å². The Bertz CT molecular complexity index is 225. The molecule has 2 nitrogen and oxygen atoms in total. The van der Waals surface area contributed by atoms with Gasteiger partial charge in [-0.15, -0.1) is 24.8 Å². The van der Waals surface area contributed by atoms with Gasteiger partial charge in [-0.2, -0.15) is 0 Å². The maximum atomic E-state index is 4.29. The second-order valence-corrected chi connectivity index (χ2v) is 3.10. The first kappa shape index (κ1) is 17.1. The van der Waals surface area contributed by atoms with Crippen LogP contribution in [0.1, 0.15) is 19.5 Å². The molecule has 0 atom stereocenters. The second kappa shape index (κ2) is 10.2. The van der Waals surface area contributed by atoms with E-state index in [2.05, 4.69) is 29.8 Å². The van der Waals surface area contributed by atoms with Crippen LogP contribution in [0.2, 0.25) is 0 Å². The molecule has 15 heavy (non-hydrogen) atoms. The molecule has 0 amide bonds. The number of aromatic nitrogens is 1. The van der Waals surface area contributed by atoms with Crippen LogP contribution in [0.5, 0.6) is 0 Å². The van der Waals surface area contributed by atoms with E-state index in [4.69, 9.17) is 0 Å². The van der Waals surface area contributed by atoms with Gasteiger partial charge in [-0.25, -0.2) is 0 Å². The van der Waals surface area contributed by atoms with Crippen LogP contribution in [0.15, 0.2) is 24.4 Å². The van der Waals surface area contributed by atoms with Gasteiger partial charge in [-0.05, 0) is 25.2 Å². The van der Waals surface area contributed by atoms with E-state index in [-0.39, 0.29) is 24.8 Å². The van der Waals surface area contributed by atoms with Crippen molar-refractivity contribution in [3.63, 3.8) is 0 Å². The number of rotatable bonds is 5. The van der Waals surface area contributed by atoms with E-state index in [1.54, 1.807) is 0 Å². The van der Waals surface area contributed by atoms with Crippen molar-refractivity contribution in [2.45, 2.75) is 20.3 Å². The van der Waals surface area contributed by atoms with Crippen molar-refractivity contribution in [1.29, 1.82) is 0 Å². The molecule has 0 bridgehead atoms. The number of likely N-dealkylation sites (N-methyl/N-ethyl adjacent to an activating group) is 1. The van der Waals surface area contributed by atoms with Gasteiger partial charge >= 0.3 is 0 Å². The molecule has 0 aliphatic rings. The quantitative estimate of drug-likeness (QED) is 0.800. The van der Waals surface area contributed by atoms with E-state index < -0.39 is 0 Å². The molecule has 0 aliphatic carbocycles. The van der Waals surface area contributed by atoms with Gasteiger partial charge in [0, 0.05) is 24.9 Å². The van der Waals surface area contributed by atoms with Crippen LogP contribution in [-0.2, 0) is 6.42 Å². The first-order valence-corrected chi connectivity index (χ1v) is 4.99. The minimum Gasteiger partial charge on any atom is -0.303 e. The molecule has 88 valence electrons. The van der Waals surface area contributed by atoms with Gasteiger partial charge in [0.2, 0.25) is 0 Å². The third-order valence-corrected chi connectivity index (χ3v) is 2.30. The largest absolute Gasteiger partial charge is 0.303 e. The van der Waals surface area contributed by atoms with Crippen molar-refractivity contribution in [1.82, 2.24) is 9.88 Å². The molecule has 0 aliphatic heterocycles. The van der Waals surface area contributed by atoms with Crippen LogP contribution in [0.3, 0.4) is 0 Å². The predicted octanol–water partition coefficient (Wildman–Crippen LogP) is 2.81. The maximum Gasteiger partial charge on any atom is 0.0416 e. The fourth-order valence-electron chi connectivity index (χ4n) is 1.36. The summed E-state index contributed by atoms with van der Waals surface area (Å²) in [4.78, 5) is 6.70. The Kier molecular flexibility index (Phi) is 11.6. The molecular weight excluding hydrogens is 231 g/mol. The lowest BCUT2D eigenvalue weighted by molar-refractivity contribution is 0.307. The summed E-state index contributed by atoms with van der Waals surface area (Å²) in [6.07, 6.45) is 2.92. The summed E-state index contributed by atoms with van der Waals surface area (Å²) >= 11 is 0. The van der Waals surface area contributed by atoms with Gasteiger partial charge in [0.1, 0.15) is 0 Å². The summed E-state index contributed by atoms with van der Waals surface area (Å²) in [7, 11) is 0. The highest BCUT2D eigenvalue weighted by molar-refractivity contribution is 5.85. The number of pyridine rings is 1. The zero-order chi connectivity index (χ0) is 9.52. The van der Waals surface area contributed by atoms with E-state index in [0.717, 1.165) is 26.1 Å². The highest BCUT2D eigenvalue weighted by atomic mass is 35.5. The third-order valence-electron chi connectivity index (χ3n) is 2.30. The second-order valence-electron chi connectivity index (χ2n) is 3.10. The molecule has 1 rings (SSSR count). The fraction of sp³-hybridized carbons (Fsp3) is 0.545. The van der Waals surface area contributed by atoms with Crippen molar-refractivity contribution in [3.05, 3.63) is 30.1 Å². The summed E-state index contributed by atoms with van der Waals surface area (Å²) in [5, 5.41) is 0. The summed E-state index contributed by atoms with van der Waals surface area (Å²) in [6, 6.07) is 6.09. The molecule has 1 aromatic rings. The highest BCUT2D eigenvalue weighted by Gasteiger charge is 1.99. The lowest BCUT2D eigenvalue weighted by atomic mass is 10.2. The summed E-state index contributed by atoms with van der Waals surface area (Å²) in [5.41, 5.74) is 1.19. The first-order chi connectivity index (χ1) is 6.36. The van der Waals surface area contributed by atoms with Crippen LogP contribution >= 0.6 is 24.8 Å². The van der Waals surface area contributed by atoms with Crippen molar-refractivity contribution in [2.24, 2.45) is 0 Å². The minimum atomic E-state index is 0. The Balaban J connectivity index is 0. The van der Waals surface area contributed by atoms with Crippen LogP contribution < -0.4 is 0 Å². The molecule has 0 fully saturated rings. The Morgan fingerprint density at radius 1 is 1.13 bits per heavy atom. The molecule has 0 spiro atoms. The SMILES string of the molecule is CCN(CC)CCc1ccccn1.Cl.Cl. The molecule has 1 heterocycles. The van der Waals surface area contributed by atoms with E-state index in [1.165, 1.54) is 5.69 Å². The predicted molar refractivity (Wildman–Crippen MR) is 70.2 cm³/mol. The lowest BCUT2D eigenvalue weighted by Gasteiger charge is -2.17. The number of hydrogen-bond donors (Lipinski definition) is 0. The molecule has 0 saturated heterocycles. The van der Waals surface area contributed by atoms with Gasteiger partial charge < -0.3 is 4.90 Å². The maximum absolute atomic E-state index is 4.29. The van der Waals surface area contributed by atoms with Gasteiger partial charge in [0.25, 0.3) is 0 Å². The minimum absolute atomic E-state index is 0. The smallest absolute Gasteiger partial charge is 0.0416 e. The molecule has 0 aromatic carbocycles. The van der Waals surface area contributed by atoms with Gasteiger partial charge in [-0.1, -0.05) is 19.9 Å². The van der Waals surface area contributed by atoms with Crippen molar-refractivity contribution >= 4 is 24.8 Å². The molecule has 4 heteroatoms. The molecule has 0 N–H and O–H groups in total. The monoisotopic (exact) mass is 250 g/mol. The van der Waals surface area contributed by atoms with E-state index >= 15 is 0 Å². The van der Waals surface area contributed by atoms with Crippen LogP contribution in [0, 0.1) is 0 Å².